The van der Waals surface area contributed by atoms with Crippen LogP contribution in [0.3, 0.4) is 0 Å². The van der Waals surface area contributed by atoms with Crippen molar-refractivity contribution in [3.63, 3.8) is 0 Å². The summed E-state index contributed by atoms with van der Waals surface area (Å²) in [4.78, 5) is 24.6. The van der Waals surface area contributed by atoms with Crippen molar-refractivity contribution in [2.75, 3.05) is 44.3 Å². The number of nitrogens with zero attached hydrogens (tertiary/aromatic N) is 8. The summed E-state index contributed by atoms with van der Waals surface area (Å²) in [7, 11) is 1.96. The third kappa shape index (κ3) is 4.07. The monoisotopic (exact) mass is 504 g/mol. The van der Waals surface area contributed by atoms with Crippen LogP contribution in [0.4, 0.5) is 5.82 Å². The second-order valence-electron chi connectivity index (χ2n) is 10.5. The van der Waals surface area contributed by atoms with Gasteiger partial charge in [-0.05, 0) is 45.4 Å². The molecular formula is C27H36N8O2. The van der Waals surface area contributed by atoms with E-state index in [1.165, 1.54) is 0 Å². The molecule has 10 nitrogen and oxygen atoms in total. The first-order valence-electron chi connectivity index (χ1n) is 13.4. The molecule has 0 spiro atoms. The smallest absolute Gasteiger partial charge is 0.239 e. The molecule has 0 radical (unpaired) electrons. The summed E-state index contributed by atoms with van der Waals surface area (Å²) in [6, 6.07) is 8.46. The molecule has 3 aromatic heterocycles. The number of morpholine rings is 1. The minimum atomic E-state index is -1.04. The maximum atomic E-state index is 11.9. The fraction of sp³-hybridized carbons (Fsp3) is 0.556. The van der Waals surface area contributed by atoms with Crippen molar-refractivity contribution in [3.05, 3.63) is 35.9 Å². The van der Waals surface area contributed by atoms with Crippen molar-refractivity contribution in [1.29, 1.82) is 0 Å². The predicted molar refractivity (Wildman–Crippen MR) is 143 cm³/mol. The van der Waals surface area contributed by atoms with Crippen molar-refractivity contribution in [2.45, 2.75) is 51.7 Å². The van der Waals surface area contributed by atoms with Crippen molar-refractivity contribution in [2.24, 2.45) is 7.05 Å². The Morgan fingerprint density at radius 2 is 1.84 bits per heavy atom. The molecule has 10 heteroatoms. The van der Waals surface area contributed by atoms with E-state index in [0.29, 0.717) is 44.0 Å². The lowest BCUT2D eigenvalue weighted by atomic mass is 9.91. The molecule has 0 amide bonds. The summed E-state index contributed by atoms with van der Waals surface area (Å²) >= 11 is 0. The number of piperidine rings is 1. The van der Waals surface area contributed by atoms with Gasteiger partial charge in [-0.15, -0.1) is 0 Å². The van der Waals surface area contributed by atoms with Crippen molar-refractivity contribution in [1.82, 2.24) is 34.0 Å². The molecule has 2 aliphatic rings. The molecule has 37 heavy (non-hydrogen) atoms. The Hall–Kier alpha value is -3.08. The van der Waals surface area contributed by atoms with E-state index < -0.39 is 5.60 Å². The topological polar surface area (TPSA) is 97.4 Å². The Bertz CT molecular complexity index is 1440. The first-order chi connectivity index (χ1) is 17.9. The fourth-order valence-corrected chi connectivity index (χ4v) is 5.78. The number of ether oxygens (including phenoxy) is 1. The van der Waals surface area contributed by atoms with Crippen molar-refractivity contribution >= 4 is 28.0 Å². The quantitative estimate of drug-likeness (QED) is 0.443. The van der Waals surface area contributed by atoms with Gasteiger partial charge in [0.15, 0.2) is 17.0 Å². The highest BCUT2D eigenvalue weighted by Crippen LogP contribution is 2.35. The van der Waals surface area contributed by atoms with E-state index in [-0.39, 0.29) is 0 Å². The summed E-state index contributed by atoms with van der Waals surface area (Å²) in [6.07, 6.45) is 2.35. The van der Waals surface area contributed by atoms with Gasteiger partial charge in [0.05, 0.1) is 24.2 Å². The lowest BCUT2D eigenvalue weighted by Gasteiger charge is -2.40. The minimum absolute atomic E-state index is 0.360. The van der Waals surface area contributed by atoms with E-state index in [9.17, 15) is 5.11 Å². The number of aryl methyl sites for hydroxylation is 2. The predicted octanol–water partition coefficient (Wildman–Crippen LogP) is 2.79. The Morgan fingerprint density at radius 3 is 2.59 bits per heavy atom. The standard InChI is InChI=1S/C27H36N8O2/c1-5-21-28-19-9-6-7-10-20(19)35(21)26-30-23-22(24(31-26)33-13-15-37-16-14-33)29-25(32(23)4)27(36)11-8-12-34(17-27)18(2)3/h6-7,9-10,18,36H,5,8,11-17H2,1-4H3. The van der Waals surface area contributed by atoms with Crippen LogP contribution in [-0.2, 0) is 23.8 Å². The van der Waals surface area contributed by atoms with E-state index in [2.05, 4.69) is 41.2 Å². The highest BCUT2D eigenvalue weighted by Gasteiger charge is 2.40. The van der Waals surface area contributed by atoms with Crippen LogP contribution in [-0.4, -0.2) is 84.5 Å². The van der Waals surface area contributed by atoms with Gasteiger partial charge in [0.25, 0.3) is 0 Å². The largest absolute Gasteiger partial charge is 0.381 e. The third-order valence-electron chi connectivity index (χ3n) is 7.79. The molecule has 1 N–H and O–H groups in total. The van der Waals surface area contributed by atoms with Gasteiger partial charge < -0.3 is 19.3 Å². The number of benzene rings is 1. The van der Waals surface area contributed by atoms with E-state index >= 15 is 0 Å². The second kappa shape index (κ2) is 9.34. The first kappa shape index (κ1) is 24.3. The van der Waals surface area contributed by atoms with Crippen molar-refractivity contribution < 1.29 is 9.84 Å². The van der Waals surface area contributed by atoms with Crippen LogP contribution in [0.1, 0.15) is 45.3 Å². The van der Waals surface area contributed by atoms with Crippen LogP contribution in [0.25, 0.3) is 28.1 Å². The minimum Gasteiger partial charge on any atom is -0.381 e. The van der Waals surface area contributed by atoms with Crippen LogP contribution < -0.4 is 4.90 Å². The zero-order valence-corrected chi connectivity index (χ0v) is 22.2. The molecule has 2 saturated heterocycles. The lowest BCUT2D eigenvalue weighted by Crippen LogP contribution is -2.49. The maximum absolute atomic E-state index is 11.9. The molecular weight excluding hydrogens is 468 g/mol. The van der Waals surface area contributed by atoms with Crippen LogP contribution >= 0.6 is 0 Å². The Balaban J connectivity index is 1.57. The summed E-state index contributed by atoms with van der Waals surface area (Å²) in [5.74, 6) is 2.92. The Kier molecular flexibility index (Phi) is 6.13. The molecule has 1 atom stereocenters. The summed E-state index contributed by atoms with van der Waals surface area (Å²) in [5.41, 5.74) is 2.30. The molecule has 0 aliphatic carbocycles. The number of hydrogen-bond acceptors (Lipinski definition) is 8. The number of anilines is 1. The van der Waals surface area contributed by atoms with Crippen molar-refractivity contribution in [3.8, 4) is 5.95 Å². The van der Waals surface area contributed by atoms with Gasteiger partial charge in [-0.3, -0.25) is 9.47 Å². The van der Waals surface area contributed by atoms with E-state index in [0.717, 1.165) is 66.3 Å². The van der Waals surface area contributed by atoms with E-state index in [4.69, 9.17) is 24.7 Å². The number of imidazole rings is 2. The summed E-state index contributed by atoms with van der Waals surface area (Å²) in [5, 5.41) is 11.9. The maximum Gasteiger partial charge on any atom is 0.239 e. The zero-order chi connectivity index (χ0) is 25.7. The normalized spacial score (nSPS) is 21.5. The average Bonchev–Trinajstić information content (AvgIpc) is 3.46. The number of β-amino-alcohol motifs (C(OH)–C–C–N with tert-alkyl or cyclic N) is 1. The van der Waals surface area contributed by atoms with Crippen LogP contribution in [0.5, 0.6) is 0 Å². The summed E-state index contributed by atoms with van der Waals surface area (Å²) < 4.78 is 9.66. The van der Waals surface area contributed by atoms with Gasteiger partial charge in [-0.2, -0.15) is 9.97 Å². The zero-order valence-electron chi connectivity index (χ0n) is 22.2. The number of fused-ring (bicyclic) bond motifs is 2. The second-order valence-corrected chi connectivity index (χ2v) is 10.5. The SMILES string of the molecule is CCc1nc2ccccc2n1-c1nc(N2CCOCC2)c2nc(C3(O)CCCN(C(C)C)C3)n(C)c2n1. The number of likely N-dealkylation sites (tertiary alicyclic amines) is 1. The summed E-state index contributed by atoms with van der Waals surface area (Å²) in [6.45, 7) is 10.7. The first-order valence-corrected chi connectivity index (χ1v) is 13.4. The van der Waals surface area contributed by atoms with Gasteiger partial charge in [-0.25, -0.2) is 9.97 Å². The van der Waals surface area contributed by atoms with E-state index in [1.807, 2.05) is 29.8 Å². The Labute approximate surface area is 216 Å². The lowest BCUT2D eigenvalue weighted by molar-refractivity contribution is -0.0523. The number of aromatic nitrogens is 6. The molecule has 4 aromatic rings. The molecule has 196 valence electrons. The van der Waals surface area contributed by atoms with Gasteiger partial charge in [0.2, 0.25) is 5.95 Å². The molecule has 6 rings (SSSR count). The van der Waals surface area contributed by atoms with Gasteiger partial charge >= 0.3 is 0 Å². The Morgan fingerprint density at radius 1 is 1.05 bits per heavy atom. The molecule has 5 heterocycles. The third-order valence-corrected chi connectivity index (χ3v) is 7.79. The van der Waals surface area contributed by atoms with Gasteiger partial charge in [0.1, 0.15) is 17.2 Å². The molecule has 1 unspecified atom stereocenters. The van der Waals surface area contributed by atoms with Crippen LogP contribution in [0, 0.1) is 0 Å². The highest BCUT2D eigenvalue weighted by atomic mass is 16.5. The highest BCUT2D eigenvalue weighted by molar-refractivity contribution is 5.86. The van der Waals surface area contributed by atoms with E-state index in [1.54, 1.807) is 0 Å². The number of para-hydroxylation sites is 2. The number of aliphatic hydroxyl groups is 1. The van der Waals surface area contributed by atoms with Gasteiger partial charge in [-0.1, -0.05) is 19.1 Å². The average molecular weight is 505 g/mol. The fourth-order valence-electron chi connectivity index (χ4n) is 5.78. The molecule has 2 aliphatic heterocycles. The van der Waals surface area contributed by atoms with Crippen LogP contribution in [0.15, 0.2) is 24.3 Å². The number of hydrogen-bond donors (Lipinski definition) is 1. The molecule has 0 bridgehead atoms. The molecule has 2 fully saturated rings. The molecule has 0 saturated carbocycles. The van der Waals surface area contributed by atoms with Gasteiger partial charge in [0, 0.05) is 39.1 Å². The number of rotatable bonds is 5. The molecule has 1 aromatic carbocycles. The van der Waals surface area contributed by atoms with Crippen LogP contribution in [0.2, 0.25) is 0 Å².